The van der Waals surface area contributed by atoms with Crippen molar-refractivity contribution in [1.82, 2.24) is 0 Å². The molecule has 0 saturated heterocycles. The fourth-order valence-corrected chi connectivity index (χ4v) is 4.48. The summed E-state index contributed by atoms with van der Waals surface area (Å²) in [6.45, 7) is 13.9. The molecule has 101 valence electrons. The average Bonchev–Trinajstić information content (AvgIpc) is 2.65. The van der Waals surface area contributed by atoms with Crippen molar-refractivity contribution < 1.29 is 24.7 Å². The van der Waals surface area contributed by atoms with Gasteiger partial charge in [-0.15, -0.1) is 0 Å². The van der Waals surface area contributed by atoms with Crippen molar-refractivity contribution in [3.8, 4) is 0 Å². The molecule has 2 rings (SSSR count). The van der Waals surface area contributed by atoms with Gasteiger partial charge in [-0.1, -0.05) is 0 Å². The number of allylic oxidation sites excluding steroid dienone is 1. The number of rotatable bonds is 3. The molecule has 0 spiro atoms. The molecule has 1 aromatic carbocycles. The Labute approximate surface area is 133 Å². The molecule has 0 N–H and O–H groups in total. The first-order valence-electron chi connectivity index (χ1n) is 7.43. The molecule has 19 heavy (non-hydrogen) atoms. The molecule has 0 saturated carbocycles. The first kappa shape index (κ1) is 15.2. The van der Waals surface area contributed by atoms with E-state index < -0.39 is 0 Å². The predicted octanol–water partition coefficient (Wildman–Crippen LogP) is 5.57. The molecule has 0 heterocycles. The second kappa shape index (κ2) is 5.68. The van der Waals surface area contributed by atoms with Gasteiger partial charge in [0.2, 0.25) is 0 Å². The average molecular weight is 333 g/mol. The topological polar surface area (TPSA) is 0 Å². The Morgan fingerprint density at radius 3 is 2.00 bits per heavy atom. The van der Waals surface area contributed by atoms with Crippen LogP contribution in [0, 0.1) is 5.92 Å². The van der Waals surface area contributed by atoms with Gasteiger partial charge in [-0.05, 0) is 0 Å². The minimum absolute atomic E-state index is 0.609. The molecule has 0 aliphatic heterocycles. The standard InChI is InChI=1S/C18H25.Zr/c1-11(2)14-7-16-8-15(12(3)4)10-18(16)17(9-14)13(5)6;/h7-13H,1-6H3;. The van der Waals surface area contributed by atoms with Gasteiger partial charge in [0, 0.05) is 0 Å². The van der Waals surface area contributed by atoms with Gasteiger partial charge in [-0.3, -0.25) is 0 Å². The van der Waals surface area contributed by atoms with Crippen LogP contribution in [0.4, 0.5) is 0 Å². The molecule has 0 amide bonds. The zero-order chi connectivity index (χ0) is 14.3. The molecular formula is C18H25Zr. The van der Waals surface area contributed by atoms with Crippen molar-refractivity contribution >= 4 is 6.08 Å². The van der Waals surface area contributed by atoms with E-state index in [1.807, 2.05) is 0 Å². The van der Waals surface area contributed by atoms with Crippen LogP contribution in [0.15, 0.2) is 17.7 Å². The Hall–Kier alpha value is -0.157. The SMILES string of the molecule is CC(C)C1=Cc2c(C(C)C)cc(C(C)C)cc2[CH]1[Zr]. The molecular weight excluding hydrogens is 307 g/mol. The Kier molecular flexibility index (Phi) is 4.56. The molecule has 0 nitrogen and oxygen atoms in total. The van der Waals surface area contributed by atoms with E-state index in [1.54, 1.807) is 41.4 Å². The van der Waals surface area contributed by atoms with Crippen molar-refractivity contribution in [3.63, 3.8) is 0 Å². The van der Waals surface area contributed by atoms with Crippen LogP contribution < -0.4 is 0 Å². The summed E-state index contributed by atoms with van der Waals surface area (Å²) in [4.78, 5) is 0. The van der Waals surface area contributed by atoms with Crippen LogP contribution >= 0.6 is 0 Å². The first-order valence-corrected chi connectivity index (χ1v) is 8.85. The third-order valence-electron chi connectivity index (χ3n) is 4.18. The number of hydrogen-bond acceptors (Lipinski definition) is 0. The van der Waals surface area contributed by atoms with E-state index in [-0.39, 0.29) is 0 Å². The monoisotopic (exact) mass is 331 g/mol. The van der Waals surface area contributed by atoms with E-state index in [0.717, 1.165) is 0 Å². The summed E-state index contributed by atoms with van der Waals surface area (Å²) >= 11 is 1.63. The van der Waals surface area contributed by atoms with Crippen molar-refractivity contribution in [1.29, 1.82) is 0 Å². The molecule has 1 aliphatic carbocycles. The van der Waals surface area contributed by atoms with Crippen LogP contribution in [0.2, 0.25) is 0 Å². The van der Waals surface area contributed by atoms with Crippen LogP contribution in [-0.4, -0.2) is 0 Å². The van der Waals surface area contributed by atoms with Crippen molar-refractivity contribution in [2.45, 2.75) is 57.0 Å². The Morgan fingerprint density at radius 2 is 1.53 bits per heavy atom. The third kappa shape index (κ3) is 2.82. The van der Waals surface area contributed by atoms with Crippen LogP contribution in [0.1, 0.15) is 79.3 Å². The summed E-state index contributed by atoms with van der Waals surface area (Å²) in [6, 6.07) is 4.91. The van der Waals surface area contributed by atoms with Gasteiger partial charge in [-0.25, -0.2) is 0 Å². The Bertz CT molecular complexity index is 507. The number of fused-ring (bicyclic) bond motifs is 1. The van der Waals surface area contributed by atoms with Crippen molar-refractivity contribution in [2.75, 3.05) is 0 Å². The molecule has 0 radical (unpaired) electrons. The zero-order valence-corrected chi connectivity index (χ0v) is 15.5. The van der Waals surface area contributed by atoms with Crippen LogP contribution in [0.5, 0.6) is 0 Å². The van der Waals surface area contributed by atoms with Crippen molar-refractivity contribution in [2.24, 2.45) is 5.92 Å². The van der Waals surface area contributed by atoms with E-state index in [0.29, 0.717) is 21.4 Å². The van der Waals surface area contributed by atoms with Gasteiger partial charge >= 0.3 is 134 Å². The summed E-state index contributed by atoms with van der Waals surface area (Å²) in [5.41, 5.74) is 7.82. The second-order valence-corrected chi connectivity index (χ2v) is 8.07. The maximum atomic E-state index is 2.48. The summed E-state index contributed by atoms with van der Waals surface area (Å²) < 4.78 is 0.679. The quantitative estimate of drug-likeness (QED) is 0.678. The molecule has 1 heteroatoms. The molecule has 1 atom stereocenters. The fraction of sp³-hybridized carbons (Fsp3) is 0.556. The maximum absolute atomic E-state index is 2.48. The van der Waals surface area contributed by atoms with Gasteiger partial charge in [0.05, 0.1) is 0 Å². The Morgan fingerprint density at radius 1 is 0.895 bits per heavy atom. The summed E-state index contributed by atoms with van der Waals surface area (Å²) in [5, 5.41) is 0. The molecule has 0 aromatic heterocycles. The van der Waals surface area contributed by atoms with Crippen LogP contribution in [0.25, 0.3) is 6.08 Å². The van der Waals surface area contributed by atoms with Gasteiger partial charge in [0.15, 0.2) is 0 Å². The summed E-state index contributed by atoms with van der Waals surface area (Å²) in [6.07, 6.45) is 2.48. The molecule has 1 aromatic rings. The third-order valence-corrected chi connectivity index (χ3v) is 5.76. The van der Waals surface area contributed by atoms with Gasteiger partial charge in [0.1, 0.15) is 0 Å². The van der Waals surface area contributed by atoms with Crippen molar-refractivity contribution in [3.05, 3.63) is 40.0 Å². The number of benzene rings is 1. The van der Waals surface area contributed by atoms with E-state index >= 15 is 0 Å². The minimum atomic E-state index is 0.609. The summed E-state index contributed by atoms with van der Waals surface area (Å²) in [5.74, 6) is 1.89. The van der Waals surface area contributed by atoms with E-state index in [4.69, 9.17) is 0 Å². The molecule has 0 fully saturated rings. The van der Waals surface area contributed by atoms with Crippen LogP contribution in [0.3, 0.4) is 0 Å². The van der Waals surface area contributed by atoms with Crippen LogP contribution in [-0.2, 0) is 24.7 Å². The van der Waals surface area contributed by atoms with E-state index in [2.05, 4.69) is 59.8 Å². The Balaban J connectivity index is 2.61. The second-order valence-electron chi connectivity index (χ2n) is 6.65. The van der Waals surface area contributed by atoms with E-state index in [9.17, 15) is 0 Å². The first-order chi connectivity index (χ1) is 8.82. The molecule has 0 bridgehead atoms. The summed E-state index contributed by atoms with van der Waals surface area (Å²) in [7, 11) is 0. The molecule has 1 aliphatic rings. The number of hydrogen-bond donors (Lipinski definition) is 0. The van der Waals surface area contributed by atoms with E-state index in [1.165, 1.54) is 11.1 Å². The normalized spacial score (nSPS) is 18.3. The fourth-order valence-electron chi connectivity index (χ4n) is 2.87. The van der Waals surface area contributed by atoms with Gasteiger partial charge in [0.25, 0.3) is 0 Å². The molecule has 1 unspecified atom stereocenters. The predicted molar refractivity (Wildman–Crippen MR) is 80.2 cm³/mol. The van der Waals surface area contributed by atoms with Gasteiger partial charge in [-0.2, -0.15) is 0 Å². The van der Waals surface area contributed by atoms with Gasteiger partial charge < -0.3 is 0 Å². The zero-order valence-electron chi connectivity index (χ0n) is 13.0.